The quantitative estimate of drug-likeness (QED) is 0.414. The summed E-state index contributed by atoms with van der Waals surface area (Å²) >= 11 is 0. The molecule has 32 heavy (non-hydrogen) atoms. The third-order valence-electron chi connectivity index (χ3n) is 5.65. The number of hydrogen-bond donors (Lipinski definition) is 3. The van der Waals surface area contributed by atoms with Gasteiger partial charge in [0.25, 0.3) is 0 Å². The molecule has 1 aliphatic heterocycles. The number of nitrogens with two attached hydrogens (primary N) is 1. The van der Waals surface area contributed by atoms with Crippen molar-refractivity contribution in [3.63, 3.8) is 0 Å². The largest absolute Gasteiger partial charge is 0.376 e. The molecule has 1 saturated heterocycles. The third kappa shape index (κ3) is 3.97. The zero-order valence-electron chi connectivity index (χ0n) is 17.3. The van der Waals surface area contributed by atoms with Crippen LogP contribution in [-0.2, 0) is 14.8 Å². The van der Waals surface area contributed by atoms with Gasteiger partial charge in [0.05, 0.1) is 22.1 Å². The molecule has 164 valence electrons. The first-order valence-corrected chi connectivity index (χ1v) is 12.0. The Balaban J connectivity index is 1.65. The van der Waals surface area contributed by atoms with E-state index in [1.165, 1.54) is 18.5 Å². The van der Waals surface area contributed by atoms with Gasteiger partial charge in [-0.25, -0.2) is 23.5 Å². The predicted molar refractivity (Wildman–Crippen MR) is 124 cm³/mol. The summed E-state index contributed by atoms with van der Waals surface area (Å²) in [5, 5.41) is 9.58. The smallest absolute Gasteiger partial charge is 0.238 e. The highest BCUT2D eigenvalue weighted by Gasteiger charge is 2.21. The lowest BCUT2D eigenvalue weighted by atomic mass is 9.99. The van der Waals surface area contributed by atoms with Gasteiger partial charge in [0, 0.05) is 18.7 Å². The van der Waals surface area contributed by atoms with E-state index in [-0.39, 0.29) is 11.0 Å². The minimum Gasteiger partial charge on any atom is -0.376 e. The second kappa shape index (κ2) is 8.34. The van der Waals surface area contributed by atoms with Crippen LogP contribution in [0.2, 0.25) is 0 Å². The van der Waals surface area contributed by atoms with Gasteiger partial charge >= 0.3 is 0 Å². The van der Waals surface area contributed by atoms with Crippen LogP contribution >= 0.6 is 0 Å². The van der Waals surface area contributed by atoms with Crippen molar-refractivity contribution in [3.8, 4) is 22.4 Å². The van der Waals surface area contributed by atoms with Crippen LogP contribution in [0, 0.1) is 0 Å². The van der Waals surface area contributed by atoms with Crippen LogP contribution in [-0.4, -0.2) is 42.6 Å². The molecule has 1 unspecified atom stereocenters. The lowest BCUT2D eigenvalue weighted by Crippen LogP contribution is -2.19. The van der Waals surface area contributed by atoms with E-state index in [2.05, 4.69) is 20.3 Å². The number of nitrogens with zero attached hydrogens (tertiary/aromatic N) is 2. The summed E-state index contributed by atoms with van der Waals surface area (Å²) in [6.45, 7) is 1.47. The minimum absolute atomic E-state index is 0.0670. The van der Waals surface area contributed by atoms with E-state index in [1.807, 2.05) is 30.3 Å². The summed E-state index contributed by atoms with van der Waals surface area (Å²) in [5.41, 5.74) is 4.28. The van der Waals surface area contributed by atoms with Crippen molar-refractivity contribution in [1.29, 1.82) is 0 Å². The van der Waals surface area contributed by atoms with Crippen LogP contribution in [0.1, 0.15) is 12.8 Å². The Labute approximate surface area is 185 Å². The Hall–Kier alpha value is -3.27. The number of aromatic amines is 1. The Morgan fingerprint density at radius 2 is 1.84 bits per heavy atom. The van der Waals surface area contributed by atoms with E-state index < -0.39 is 10.0 Å². The predicted octanol–water partition coefficient (Wildman–Crippen LogP) is 3.53. The molecule has 1 aliphatic rings. The number of benzene rings is 2. The van der Waals surface area contributed by atoms with Crippen LogP contribution in [0.25, 0.3) is 33.4 Å². The molecular weight excluding hydrogens is 426 g/mol. The summed E-state index contributed by atoms with van der Waals surface area (Å²) in [6.07, 6.45) is 3.80. The molecule has 0 saturated carbocycles. The maximum absolute atomic E-state index is 11.7. The topological polar surface area (TPSA) is 123 Å². The summed E-state index contributed by atoms with van der Waals surface area (Å²) in [7, 11) is -3.77. The average molecular weight is 450 g/mol. The Morgan fingerprint density at radius 3 is 2.53 bits per heavy atom. The number of aromatic nitrogens is 3. The van der Waals surface area contributed by atoms with Crippen molar-refractivity contribution >= 4 is 26.9 Å². The molecule has 5 rings (SSSR count). The van der Waals surface area contributed by atoms with E-state index in [4.69, 9.17) is 9.88 Å². The van der Waals surface area contributed by atoms with Crippen molar-refractivity contribution in [1.82, 2.24) is 15.0 Å². The number of hydrogen-bond acceptors (Lipinski definition) is 6. The molecule has 1 atom stereocenters. The van der Waals surface area contributed by atoms with Gasteiger partial charge in [-0.1, -0.05) is 42.5 Å². The number of anilines is 1. The van der Waals surface area contributed by atoms with E-state index >= 15 is 0 Å². The van der Waals surface area contributed by atoms with Gasteiger partial charge in [0.2, 0.25) is 10.0 Å². The molecule has 1 fully saturated rings. The summed E-state index contributed by atoms with van der Waals surface area (Å²) in [6, 6.07) is 16.5. The number of rotatable bonds is 6. The molecule has 9 heteroatoms. The summed E-state index contributed by atoms with van der Waals surface area (Å²) < 4.78 is 29.1. The SMILES string of the molecule is NS(=O)(=O)c1ccc(-c2[nH]c3ncnc(NCC4CCCO4)c3c2-c2ccccc2)cc1. The molecule has 4 N–H and O–H groups in total. The second-order valence-corrected chi connectivity index (χ2v) is 9.33. The first-order chi connectivity index (χ1) is 15.5. The number of primary sulfonamides is 1. The highest BCUT2D eigenvalue weighted by Crippen LogP contribution is 2.40. The standard InChI is InChI=1S/C23H23N5O3S/c24-32(29,30)18-10-8-16(9-11-18)21-19(15-5-2-1-3-6-15)20-22(26-14-27-23(20)28-21)25-13-17-7-4-12-31-17/h1-3,5-6,8-11,14,17H,4,7,12-13H2,(H2,24,29,30)(H2,25,26,27,28). The van der Waals surface area contributed by atoms with Crippen LogP contribution in [0.3, 0.4) is 0 Å². The average Bonchev–Trinajstić information content (AvgIpc) is 3.46. The van der Waals surface area contributed by atoms with Crippen molar-refractivity contribution in [2.45, 2.75) is 23.8 Å². The number of nitrogens with one attached hydrogen (secondary N) is 2. The molecule has 0 aliphatic carbocycles. The number of fused-ring (bicyclic) bond motifs is 1. The Kier molecular flexibility index (Phi) is 5.38. The molecule has 8 nitrogen and oxygen atoms in total. The first-order valence-electron chi connectivity index (χ1n) is 10.4. The van der Waals surface area contributed by atoms with E-state index in [1.54, 1.807) is 12.1 Å². The maximum atomic E-state index is 11.7. The Morgan fingerprint density at radius 1 is 1.06 bits per heavy atom. The van der Waals surface area contributed by atoms with Crippen LogP contribution < -0.4 is 10.5 Å². The summed E-state index contributed by atoms with van der Waals surface area (Å²) in [5.74, 6) is 0.730. The molecule has 3 heterocycles. The van der Waals surface area contributed by atoms with Gasteiger partial charge in [-0.15, -0.1) is 0 Å². The molecule has 0 spiro atoms. The molecular formula is C23H23N5O3S. The van der Waals surface area contributed by atoms with E-state index in [0.717, 1.165) is 53.0 Å². The molecule has 4 aromatic rings. The second-order valence-electron chi connectivity index (χ2n) is 7.77. The molecule has 0 amide bonds. The van der Waals surface area contributed by atoms with Crippen molar-refractivity contribution < 1.29 is 13.2 Å². The highest BCUT2D eigenvalue weighted by atomic mass is 32.2. The van der Waals surface area contributed by atoms with Crippen molar-refractivity contribution in [2.75, 3.05) is 18.5 Å². The van der Waals surface area contributed by atoms with Gasteiger partial charge in [-0.3, -0.25) is 0 Å². The normalized spacial score (nSPS) is 16.5. The lowest BCUT2D eigenvalue weighted by Gasteiger charge is -2.13. The molecule has 2 aromatic heterocycles. The number of ether oxygens (including phenoxy) is 1. The van der Waals surface area contributed by atoms with E-state index in [9.17, 15) is 8.42 Å². The number of sulfonamides is 1. The monoisotopic (exact) mass is 449 g/mol. The zero-order chi connectivity index (χ0) is 22.1. The van der Waals surface area contributed by atoms with Crippen molar-refractivity contribution in [2.24, 2.45) is 5.14 Å². The molecule has 0 radical (unpaired) electrons. The zero-order valence-corrected chi connectivity index (χ0v) is 18.1. The Bertz CT molecular complexity index is 1350. The van der Waals surface area contributed by atoms with Crippen LogP contribution in [0.5, 0.6) is 0 Å². The maximum Gasteiger partial charge on any atom is 0.238 e. The van der Waals surface area contributed by atoms with E-state index in [0.29, 0.717) is 12.2 Å². The summed E-state index contributed by atoms with van der Waals surface area (Å²) in [4.78, 5) is 12.4. The van der Waals surface area contributed by atoms with Crippen molar-refractivity contribution in [3.05, 3.63) is 60.9 Å². The van der Waals surface area contributed by atoms with Crippen LogP contribution in [0.4, 0.5) is 5.82 Å². The first kappa shape index (κ1) is 20.6. The van der Waals surface area contributed by atoms with Crippen LogP contribution in [0.15, 0.2) is 65.8 Å². The fourth-order valence-electron chi connectivity index (χ4n) is 4.09. The van der Waals surface area contributed by atoms with Gasteiger partial charge in [0.1, 0.15) is 17.8 Å². The minimum atomic E-state index is -3.77. The van der Waals surface area contributed by atoms with Gasteiger partial charge in [0.15, 0.2) is 0 Å². The van der Waals surface area contributed by atoms with Gasteiger partial charge < -0.3 is 15.0 Å². The van der Waals surface area contributed by atoms with Gasteiger partial charge in [-0.2, -0.15) is 0 Å². The fourth-order valence-corrected chi connectivity index (χ4v) is 4.61. The third-order valence-corrected chi connectivity index (χ3v) is 6.58. The fraction of sp³-hybridized carbons (Fsp3) is 0.217. The van der Waals surface area contributed by atoms with Gasteiger partial charge in [-0.05, 0) is 36.1 Å². The highest BCUT2D eigenvalue weighted by molar-refractivity contribution is 7.89. The molecule has 0 bridgehead atoms. The molecule has 2 aromatic carbocycles. The lowest BCUT2D eigenvalue weighted by molar-refractivity contribution is 0.120. The number of H-pyrrole nitrogens is 1.